The van der Waals surface area contributed by atoms with E-state index in [1.54, 1.807) is 0 Å². The van der Waals surface area contributed by atoms with Gasteiger partial charge in [-0.3, -0.25) is 4.79 Å². The first kappa shape index (κ1) is 12.5. The topological polar surface area (TPSA) is 63.2 Å². The Balaban J connectivity index is 3.15. The highest BCUT2D eigenvalue weighted by Gasteiger charge is 2.12. The molecule has 1 amide bonds. The van der Waals surface area contributed by atoms with Crippen LogP contribution in [-0.2, 0) is 13.8 Å². The highest BCUT2D eigenvalue weighted by Crippen LogP contribution is 2.27. The number of nitrogens with one attached hydrogen (secondary N) is 1. The van der Waals surface area contributed by atoms with E-state index < -0.39 is 9.05 Å². The number of hydrogen-bond acceptors (Lipinski definition) is 3. The monoisotopic (exact) mass is 311 g/mol. The summed E-state index contributed by atoms with van der Waals surface area (Å²) in [5, 5.41) is 2.53. The van der Waals surface area contributed by atoms with Crippen molar-refractivity contribution in [2.45, 2.75) is 11.8 Å². The smallest absolute Gasteiger partial charge is 0.261 e. The van der Waals surface area contributed by atoms with Crippen molar-refractivity contribution in [3.05, 3.63) is 22.7 Å². The van der Waals surface area contributed by atoms with Crippen LogP contribution in [0.25, 0.3) is 0 Å². The molecule has 0 unspecified atom stereocenters. The van der Waals surface area contributed by atoms with E-state index in [2.05, 4.69) is 21.2 Å². The number of hydrogen-bond donors (Lipinski definition) is 1. The predicted octanol–water partition coefficient (Wildman–Crippen LogP) is 2.33. The van der Waals surface area contributed by atoms with Crippen LogP contribution in [0.3, 0.4) is 0 Å². The molecule has 1 aromatic rings. The van der Waals surface area contributed by atoms with Gasteiger partial charge in [0.15, 0.2) is 0 Å². The number of amides is 1. The molecule has 82 valence electrons. The van der Waals surface area contributed by atoms with E-state index in [9.17, 15) is 13.2 Å². The van der Waals surface area contributed by atoms with Crippen molar-refractivity contribution in [1.29, 1.82) is 0 Å². The molecule has 15 heavy (non-hydrogen) atoms. The Bertz CT molecular complexity index is 501. The van der Waals surface area contributed by atoms with Crippen molar-refractivity contribution in [3.63, 3.8) is 0 Å². The Morgan fingerprint density at radius 3 is 2.47 bits per heavy atom. The van der Waals surface area contributed by atoms with Crippen LogP contribution in [0.2, 0.25) is 0 Å². The first-order chi connectivity index (χ1) is 6.80. The summed E-state index contributed by atoms with van der Waals surface area (Å²) in [6.45, 7) is 1.36. The van der Waals surface area contributed by atoms with Crippen molar-refractivity contribution in [2.24, 2.45) is 0 Å². The zero-order valence-electron chi connectivity index (χ0n) is 7.62. The van der Waals surface area contributed by atoms with Crippen LogP contribution in [0.4, 0.5) is 5.69 Å². The molecule has 0 spiro atoms. The largest absolute Gasteiger partial charge is 0.325 e. The molecule has 1 rings (SSSR count). The maximum absolute atomic E-state index is 11.0. The van der Waals surface area contributed by atoms with Crippen LogP contribution in [0.15, 0.2) is 27.6 Å². The van der Waals surface area contributed by atoms with Crippen molar-refractivity contribution >= 4 is 47.3 Å². The maximum Gasteiger partial charge on any atom is 0.261 e. The number of benzene rings is 1. The maximum atomic E-state index is 11.0. The molecule has 0 heterocycles. The van der Waals surface area contributed by atoms with E-state index in [0.29, 0.717) is 10.2 Å². The molecule has 0 aromatic heterocycles. The number of anilines is 1. The van der Waals surface area contributed by atoms with Gasteiger partial charge in [-0.15, -0.1) is 0 Å². The summed E-state index contributed by atoms with van der Waals surface area (Å²) < 4.78 is 22.4. The molecule has 0 aliphatic heterocycles. The van der Waals surface area contributed by atoms with Crippen LogP contribution < -0.4 is 5.32 Å². The lowest BCUT2D eigenvalue weighted by Gasteiger charge is -2.05. The van der Waals surface area contributed by atoms with Gasteiger partial charge in [0, 0.05) is 22.1 Å². The van der Waals surface area contributed by atoms with Crippen molar-refractivity contribution in [1.82, 2.24) is 0 Å². The van der Waals surface area contributed by atoms with Gasteiger partial charge in [0.1, 0.15) is 0 Å². The van der Waals surface area contributed by atoms with Crippen molar-refractivity contribution < 1.29 is 13.2 Å². The molecular weight excluding hydrogens is 306 g/mol. The lowest BCUT2D eigenvalue weighted by atomic mass is 10.3. The van der Waals surface area contributed by atoms with Gasteiger partial charge in [-0.05, 0) is 34.1 Å². The minimum absolute atomic E-state index is 0.0230. The molecule has 0 aliphatic rings. The van der Waals surface area contributed by atoms with E-state index >= 15 is 0 Å². The van der Waals surface area contributed by atoms with Gasteiger partial charge >= 0.3 is 0 Å². The fourth-order valence-corrected chi connectivity index (χ4v) is 2.35. The third-order valence-electron chi connectivity index (χ3n) is 1.53. The van der Waals surface area contributed by atoms with Crippen LogP contribution in [0.5, 0.6) is 0 Å². The van der Waals surface area contributed by atoms with E-state index in [4.69, 9.17) is 10.7 Å². The second-order valence-corrected chi connectivity index (χ2v) is 6.18. The first-order valence-corrected chi connectivity index (χ1v) is 6.93. The minimum Gasteiger partial charge on any atom is -0.325 e. The fraction of sp³-hybridized carbons (Fsp3) is 0.125. The average Bonchev–Trinajstić information content (AvgIpc) is 2.05. The number of carbonyl (C=O) groups is 1. The average molecular weight is 313 g/mol. The molecular formula is C8H7BrClNO3S. The van der Waals surface area contributed by atoms with Gasteiger partial charge in [-0.25, -0.2) is 8.42 Å². The quantitative estimate of drug-likeness (QED) is 0.853. The summed E-state index contributed by atoms with van der Waals surface area (Å²) in [6, 6.07) is 4.10. The molecule has 7 heteroatoms. The van der Waals surface area contributed by atoms with Crippen molar-refractivity contribution in [3.8, 4) is 0 Å². The lowest BCUT2D eigenvalue weighted by Crippen LogP contribution is -2.06. The Morgan fingerprint density at radius 2 is 2.07 bits per heavy atom. The molecule has 0 saturated carbocycles. The van der Waals surface area contributed by atoms with Gasteiger partial charge in [-0.2, -0.15) is 0 Å². The Hall–Kier alpha value is -0.590. The van der Waals surface area contributed by atoms with Crippen LogP contribution in [0.1, 0.15) is 6.92 Å². The van der Waals surface area contributed by atoms with Crippen LogP contribution in [-0.4, -0.2) is 14.3 Å². The molecule has 1 N–H and O–H groups in total. The summed E-state index contributed by atoms with van der Waals surface area (Å²) in [6.07, 6.45) is 0. The van der Waals surface area contributed by atoms with E-state index in [-0.39, 0.29) is 10.8 Å². The van der Waals surface area contributed by atoms with E-state index in [0.717, 1.165) is 0 Å². The van der Waals surface area contributed by atoms with Gasteiger partial charge in [0.2, 0.25) is 5.91 Å². The van der Waals surface area contributed by atoms with Gasteiger partial charge in [0.05, 0.1) is 10.6 Å². The number of carbonyl (C=O) groups excluding carboxylic acids is 1. The molecule has 0 atom stereocenters. The molecule has 0 bridgehead atoms. The van der Waals surface area contributed by atoms with Crippen LogP contribution in [0, 0.1) is 0 Å². The summed E-state index contributed by atoms with van der Waals surface area (Å²) in [4.78, 5) is 10.7. The van der Waals surface area contributed by atoms with E-state index in [1.165, 1.54) is 25.1 Å². The van der Waals surface area contributed by atoms with E-state index in [1.807, 2.05) is 0 Å². The van der Waals surface area contributed by atoms with Gasteiger partial charge < -0.3 is 5.32 Å². The Labute approximate surface area is 100 Å². The number of halogens is 2. The first-order valence-electron chi connectivity index (χ1n) is 3.82. The summed E-state index contributed by atoms with van der Waals surface area (Å²) in [5.41, 5.74) is 0.492. The zero-order chi connectivity index (χ0) is 11.6. The van der Waals surface area contributed by atoms with Crippen LogP contribution >= 0.6 is 26.6 Å². The van der Waals surface area contributed by atoms with Gasteiger partial charge in [0.25, 0.3) is 9.05 Å². The molecule has 0 fully saturated rings. The summed E-state index contributed by atoms with van der Waals surface area (Å²) >= 11 is 3.13. The lowest BCUT2D eigenvalue weighted by molar-refractivity contribution is -0.114. The minimum atomic E-state index is -3.74. The normalized spacial score (nSPS) is 11.1. The third-order valence-corrected chi connectivity index (χ3v) is 3.54. The third kappa shape index (κ3) is 3.48. The molecule has 1 aromatic carbocycles. The number of rotatable bonds is 2. The standard InChI is InChI=1S/C8H7BrClNO3S/c1-5(12)11-8-3-2-6(4-7(8)9)15(10,13)14/h2-4H,1H3,(H,11,12). The Morgan fingerprint density at radius 1 is 1.47 bits per heavy atom. The molecule has 0 aliphatic carbocycles. The zero-order valence-corrected chi connectivity index (χ0v) is 10.8. The molecule has 4 nitrogen and oxygen atoms in total. The second-order valence-electron chi connectivity index (χ2n) is 2.76. The fourth-order valence-electron chi connectivity index (χ4n) is 0.939. The Kier molecular flexibility index (Phi) is 3.75. The summed E-state index contributed by atoms with van der Waals surface area (Å²) in [5.74, 6) is -0.239. The summed E-state index contributed by atoms with van der Waals surface area (Å²) in [7, 11) is 1.41. The SMILES string of the molecule is CC(=O)Nc1ccc(S(=O)(=O)Cl)cc1Br. The molecule has 0 saturated heterocycles. The highest BCUT2D eigenvalue weighted by molar-refractivity contribution is 9.10. The second kappa shape index (κ2) is 4.51. The van der Waals surface area contributed by atoms with Gasteiger partial charge in [-0.1, -0.05) is 0 Å². The highest BCUT2D eigenvalue weighted by atomic mass is 79.9. The molecule has 0 radical (unpaired) electrons. The predicted molar refractivity (Wildman–Crippen MR) is 61.5 cm³/mol. The van der Waals surface area contributed by atoms with Crippen molar-refractivity contribution in [2.75, 3.05) is 5.32 Å².